The van der Waals surface area contributed by atoms with Crippen molar-refractivity contribution < 1.29 is 33.1 Å². The van der Waals surface area contributed by atoms with Gasteiger partial charge in [-0.2, -0.15) is 5.10 Å². The number of nitrogens with one attached hydrogen (secondary N) is 1. The van der Waals surface area contributed by atoms with Crippen LogP contribution >= 0.6 is 0 Å². The summed E-state index contributed by atoms with van der Waals surface area (Å²) in [5, 5.41) is 14.8. The third-order valence-corrected chi connectivity index (χ3v) is 4.37. The second kappa shape index (κ2) is 11.9. The van der Waals surface area contributed by atoms with Gasteiger partial charge in [-0.1, -0.05) is 12.1 Å². The van der Waals surface area contributed by atoms with E-state index >= 15 is 0 Å². The van der Waals surface area contributed by atoms with Crippen LogP contribution in [-0.2, 0) is 4.79 Å². The Kier molecular flexibility index (Phi) is 8.43. The molecule has 0 saturated heterocycles. The predicted molar refractivity (Wildman–Crippen MR) is 123 cm³/mol. The highest BCUT2D eigenvalue weighted by Crippen LogP contribution is 2.29. The lowest BCUT2D eigenvalue weighted by Gasteiger charge is -2.11. The van der Waals surface area contributed by atoms with Crippen molar-refractivity contribution in [3.63, 3.8) is 0 Å². The van der Waals surface area contributed by atoms with Crippen molar-refractivity contribution in [2.24, 2.45) is 5.10 Å². The number of rotatable bonds is 10. The number of halogens is 1. The number of nitro groups is 1. The van der Waals surface area contributed by atoms with Gasteiger partial charge in [0.05, 0.1) is 23.3 Å². The molecule has 11 heteroatoms. The molecule has 0 aliphatic carbocycles. The first-order valence-electron chi connectivity index (χ1n) is 10.3. The van der Waals surface area contributed by atoms with Gasteiger partial charge in [-0.15, -0.1) is 0 Å². The minimum absolute atomic E-state index is 0.0382. The van der Waals surface area contributed by atoms with Gasteiger partial charge in [0.15, 0.2) is 23.9 Å². The predicted octanol–water partition coefficient (Wildman–Crippen LogP) is 3.88. The molecule has 0 radical (unpaired) electrons. The number of hydrogen-bond acceptors (Lipinski definition) is 8. The van der Waals surface area contributed by atoms with Crippen molar-refractivity contribution in [1.82, 2.24) is 5.43 Å². The van der Waals surface area contributed by atoms with Crippen LogP contribution in [0.3, 0.4) is 0 Å². The molecule has 0 aliphatic heterocycles. The lowest BCUT2D eigenvalue weighted by Crippen LogP contribution is -2.24. The van der Waals surface area contributed by atoms with Crippen molar-refractivity contribution >= 4 is 23.8 Å². The normalized spacial score (nSPS) is 10.6. The summed E-state index contributed by atoms with van der Waals surface area (Å²) in [4.78, 5) is 34.7. The summed E-state index contributed by atoms with van der Waals surface area (Å²) in [6, 6.07) is 15.2. The lowest BCUT2D eigenvalue weighted by molar-refractivity contribution is -0.385. The maximum atomic E-state index is 13.1. The van der Waals surface area contributed by atoms with Gasteiger partial charge in [-0.3, -0.25) is 14.9 Å². The molecule has 0 heterocycles. The quantitative estimate of drug-likeness (QED) is 0.153. The zero-order chi connectivity index (χ0) is 25.2. The molecule has 0 aromatic heterocycles. The summed E-state index contributed by atoms with van der Waals surface area (Å²) in [7, 11) is 0. The number of nitro benzene ring substituents is 1. The third-order valence-electron chi connectivity index (χ3n) is 4.37. The Hall–Kier alpha value is -4.80. The molecule has 3 aromatic rings. The number of carbonyl (C=O) groups excluding carboxylic acids is 2. The van der Waals surface area contributed by atoms with E-state index in [2.05, 4.69) is 10.5 Å². The minimum atomic E-state index is -0.682. The summed E-state index contributed by atoms with van der Waals surface area (Å²) in [5.41, 5.74) is 2.69. The van der Waals surface area contributed by atoms with Crippen LogP contribution in [0.4, 0.5) is 10.1 Å². The summed E-state index contributed by atoms with van der Waals surface area (Å²) in [5.74, 6) is -1.41. The highest BCUT2D eigenvalue weighted by atomic mass is 19.1. The molecule has 0 aliphatic rings. The van der Waals surface area contributed by atoms with E-state index in [1.54, 1.807) is 25.1 Å². The van der Waals surface area contributed by atoms with Gasteiger partial charge in [0.1, 0.15) is 5.82 Å². The average Bonchev–Trinajstić information content (AvgIpc) is 2.85. The van der Waals surface area contributed by atoms with Crippen LogP contribution in [0.25, 0.3) is 0 Å². The van der Waals surface area contributed by atoms with E-state index in [1.807, 2.05) is 0 Å². The Morgan fingerprint density at radius 1 is 1.03 bits per heavy atom. The Morgan fingerprint density at radius 2 is 1.77 bits per heavy atom. The molecule has 0 bridgehead atoms. The number of amides is 1. The molecular weight excluding hydrogens is 461 g/mol. The van der Waals surface area contributed by atoms with Crippen LogP contribution < -0.4 is 19.6 Å². The van der Waals surface area contributed by atoms with E-state index < -0.39 is 29.2 Å². The van der Waals surface area contributed by atoms with Crippen molar-refractivity contribution in [2.45, 2.75) is 6.92 Å². The van der Waals surface area contributed by atoms with Crippen molar-refractivity contribution in [3.05, 3.63) is 93.8 Å². The number of hydrazone groups is 1. The number of nitrogens with zero attached hydrogens (tertiary/aromatic N) is 2. The topological polar surface area (TPSA) is 129 Å². The smallest absolute Gasteiger partial charge is 0.343 e. The molecule has 0 spiro atoms. The van der Waals surface area contributed by atoms with Gasteiger partial charge < -0.3 is 14.2 Å². The Morgan fingerprint density at radius 3 is 2.49 bits per heavy atom. The molecule has 0 atom stereocenters. The number of esters is 1. The monoisotopic (exact) mass is 481 g/mol. The van der Waals surface area contributed by atoms with Crippen molar-refractivity contribution in [2.75, 3.05) is 13.2 Å². The number of carbonyl (C=O) groups is 2. The van der Waals surface area contributed by atoms with E-state index in [4.69, 9.17) is 14.2 Å². The fourth-order valence-electron chi connectivity index (χ4n) is 2.79. The fourth-order valence-corrected chi connectivity index (χ4v) is 2.79. The number of para-hydroxylation sites is 2. The Balaban J connectivity index is 1.60. The van der Waals surface area contributed by atoms with Crippen LogP contribution in [0.1, 0.15) is 22.8 Å². The van der Waals surface area contributed by atoms with Gasteiger partial charge in [0.2, 0.25) is 0 Å². The van der Waals surface area contributed by atoms with Crippen LogP contribution in [0, 0.1) is 15.9 Å². The van der Waals surface area contributed by atoms with Gasteiger partial charge >= 0.3 is 11.7 Å². The molecule has 1 amide bonds. The van der Waals surface area contributed by atoms with Crippen LogP contribution in [-0.4, -0.2) is 36.2 Å². The lowest BCUT2D eigenvalue weighted by atomic mass is 10.2. The van der Waals surface area contributed by atoms with Gasteiger partial charge in [0.25, 0.3) is 5.91 Å². The summed E-state index contributed by atoms with van der Waals surface area (Å²) in [6.45, 7) is 1.57. The van der Waals surface area contributed by atoms with Crippen LogP contribution in [0.15, 0.2) is 71.8 Å². The summed E-state index contributed by atoms with van der Waals surface area (Å²) >= 11 is 0. The van der Waals surface area contributed by atoms with Crippen LogP contribution in [0.5, 0.6) is 17.2 Å². The Labute approximate surface area is 199 Å². The first kappa shape index (κ1) is 24.8. The SMILES string of the molecule is CCOc1cc(/C=N/NC(=O)COc2ccccc2[N+](=O)[O-])ccc1OC(=O)c1ccc(F)cc1. The standard InChI is InChI=1S/C24H20FN3O7/c1-2-33-22-13-16(7-12-21(22)35-24(30)17-8-10-18(25)11-9-17)14-26-27-23(29)15-34-20-6-4-3-5-19(20)28(31)32/h3-14H,2,15H2,1H3,(H,27,29)/b26-14+. The largest absolute Gasteiger partial charge is 0.490 e. The summed E-state index contributed by atoms with van der Waals surface area (Å²) < 4.78 is 29.1. The van der Waals surface area contributed by atoms with Gasteiger partial charge in [-0.25, -0.2) is 14.6 Å². The first-order chi connectivity index (χ1) is 16.9. The van der Waals surface area contributed by atoms with E-state index in [0.29, 0.717) is 12.2 Å². The second-order valence-corrected chi connectivity index (χ2v) is 6.84. The van der Waals surface area contributed by atoms with Crippen LogP contribution in [0.2, 0.25) is 0 Å². The van der Waals surface area contributed by atoms with E-state index in [-0.39, 0.29) is 28.5 Å². The maximum Gasteiger partial charge on any atom is 0.343 e. The highest BCUT2D eigenvalue weighted by molar-refractivity contribution is 5.91. The van der Waals surface area contributed by atoms with Crippen molar-refractivity contribution in [1.29, 1.82) is 0 Å². The third kappa shape index (κ3) is 7.09. The molecule has 0 saturated carbocycles. The maximum absolute atomic E-state index is 13.1. The van der Waals surface area contributed by atoms with Gasteiger partial charge in [0, 0.05) is 6.07 Å². The van der Waals surface area contributed by atoms with Crippen molar-refractivity contribution in [3.8, 4) is 17.2 Å². The van der Waals surface area contributed by atoms with E-state index in [9.17, 15) is 24.1 Å². The molecule has 0 fully saturated rings. The van der Waals surface area contributed by atoms with Gasteiger partial charge in [-0.05, 0) is 61.0 Å². The molecule has 3 aromatic carbocycles. The highest BCUT2D eigenvalue weighted by Gasteiger charge is 2.15. The zero-order valence-corrected chi connectivity index (χ0v) is 18.5. The molecule has 180 valence electrons. The average molecular weight is 481 g/mol. The minimum Gasteiger partial charge on any atom is -0.490 e. The molecule has 0 unspecified atom stereocenters. The number of ether oxygens (including phenoxy) is 3. The second-order valence-electron chi connectivity index (χ2n) is 6.84. The number of hydrogen-bond donors (Lipinski definition) is 1. The molecule has 10 nitrogen and oxygen atoms in total. The van der Waals surface area contributed by atoms with E-state index in [0.717, 1.165) is 12.1 Å². The zero-order valence-electron chi connectivity index (χ0n) is 18.5. The fraction of sp³-hybridized carbons (Fsp3) is 0.125. The Bertz CT molecular complexity index is 1250. The number of benzene rings is 3. The molecule has 3 rings (SSSR count). The first-order valence-corrected chi connectivity index (χ1v) is 10.3. The molecular formula is C24H20FN3O7. The molecule has 35 heavy (non-hydrogen) atoms. The van der Waals surface area contributed by atoms with E-state index in [1.165, 1.54) is 42.6 Å². The molecule has 1 N–H and O–H groups in total. The summed E-state index contributed by atoms with van der Waals surface area (Å²) in [6.07, 6.45) is 1.33.